The predicted molar refractivity (Wildman–Crippen MR) is 116 cm³/mol. The molecule has 2 aromatic carbocycles. The zero-order valence-electron chi connectivity index (χ0n) is 17.2. The number of hydrogen-bond acceptors (Lipinski definition) is 5. The lowest BCUT2D eigenvalue weighted by Gasteiger charge is -2.16. The van der Waals surface area contributed by atoms with Crippen LogP contribution in [0, 0.1) is 6.92 Å². The van der Waals surface area contributed by atoms with Crippen LogP contribution >= 0.6 is 0 Å². The number of carbonyl (C=O) groups is 1. The second kappa shape index (κ2) is 9.19. The summed E-state index contributed by atoms with van der Waals surface area (Å²) in [4.78, 5) is 21.2. The smallest absolute Gasteiger partial charge is 0.258 e. The predicted octanol–water partition coefficient (Wildman–Crippen LogP) is 5.30. The van der Waals surface area contributed by atoms with E-state index in [1.54, 1.807) is 0 Å². The van der Waals surface area contributed by atoms with Crippen LogP contribution < -0.4 is 15.4 Å². The number of anilines is 3. The van der Waals surface area contributed by atoms with Gasteiger partial charge in [0.05, 0.1) is 12.2 Å². The largest absolute Gasteiger partial charge is 0.494 e. The maximum absolute atomic E-state index is 12.7. The minimum Gasteiger partial charge on any atom is -0.494 e. The number of benzene rings is 2. The lowest BCUT2D eigenvalue weighted by Crippen LogP contribution is -2.15. The Balaban J connectivity index is 1.69. The van der Waals surface area contributed by atoms with Crippen molar-refractivity contribution in [3.8, 4) is 5.75 Å². The fourth-order valence-corrected chi connectivity index (χ4v) is 2.97. The molecule has 2 N–H and O–H groups in total. The van der Waals surface area contributed by atoms with Crippen LogP contribution in [0.3, 0.4) is 0 Å². The Labute approximate surface area is 171 Å². The van der Waals surface area contributed by atoms with Crippen molar-refractivity contribution in [3.05, 3.63) is 71.5 Å². The van der Waals surface area contributed by atoms with E-state index < -0.39 is 0 Å². The summed E-state index contributed by atoms with van der Waals surface area (Å²) in [6.45, 7) is 8.77. The Kier molecular flexibility index (Phi) is 6.44. The van der Waals surface area contributed by atoms with E-state index in [4.69, 9.17) is 4.74 Å². The molecule has 0 unspecified atom stereocenters. The van der Waals surface area contributed by atoms with E-state index >= 15 is 0 Å². The van der Waals surface area contributed by atoms with Crippen LogP contribution in [0.5, 0.6) is 5.75 Å². The van der Waals surface area contributed by atoms with Crippen LogP contribution in [0.4, 0.5) is 17.3 Å². The Bertz CT molecular complexity index is 967. The molecule has 0 fully saturated rings. The van der Waals surface area contributed by atoms with E-state index in [1.807, 2.05) is 56.3 Å². The summed E-state index contributed by atoms with van der Waals surface area (Å²) in [7, 11) is 0. The number of hydrogen-bond donors (Lipinski definition) is 2. The van der Waals surface area contributed by atoms with Crippen LogP contribution in [-0.2, 0) is 0 Å². The van der Waals surface area contributed by atoms with Crippen molar-refractivity contribution < 1.29 is 9.53 Å². The van der Waals surface area contributed by atoms with Crippen molar-refractivity contribution >= 4 is 23.2 Å². The highest BCUT2D eigenvalue weighted by molar-refractivity contribution is 6.04. The highest BCUT2D eigenvalue weighted by atomic mass is 16.5. The summed E-state index contributed by atoms with van der Waals surface area (Å²) in [5.41, 5.74) is 4.23. The van der Waals surface area contributed by atoms with Crippen LogP contribution in [0.2, 0.25) is 0 Å². The van der Waals surface area contributed by atoms with Crippen molar-refractivity contribution in [2.24, 2.45) is 0 Å². The highest BCUT2D eigenvalue weighted by Crippen LogP contribution is 2.28. The number of rotatable bonds is 7. The summed E-state index contributed by atoms with van der Waals surface area (Å²) in [6.07, 6.45) is 3.04. The number of aryl methyl sites for hydroxylation is 1. The molecule has 150 valence electrons. The summed E-state index contributed by atoms with van der Waals surface area (Å²) in [5, 5.41) is 6.12. The second-order valence-electron chi connectivity index (χ2n) is 7.03. The molecule has 0 aliphatic carbocycles. The van der Waals surface area contributed by atoms with Crippen molar-refractivity contribution in [1.82, 2.24) is 9.97 Å². The summed E-state index contributed by atoms with van der Waals surface area (Å²) < 4.78 is 5.43. The minimum atomic E-state index is -0.228. The molecule has 1 amide bonds. The topological polar surface area (TPSA) is 76.1 Å². The third kappa shape index (κ3) is 5.10. The zero-order valence-corrected chi connectivity index (χ0v) is 17.2. The highest BCUT2D eigenvalue weighted by Gasteiger charge is 2.14. The average Bonchev–Trinajstić information content (AvgIpc) is 2.71. The van der Waals surface area contributed by atoms with Crippen molar-refractivity contribution in [1.29, 1.82) is 0 Å². The molecule has 0 atom stereocenters. The molecule has 3 rings (SSSR count). The number of carbonyl (C=O) groups excluding carboxylic acids is 1. The van der Waals surface area contributed by atoms with Crippen LogP contribution in [0.15, 0.2) is 54.9 Å². The zero-order chi connectivity index (χ0) is 20.8. The third-order valence-electron chi connectivity index (χ3n) is 4.50. The number of nitrogens with zero attached hydrogens (tertiary/aromatic N) is 2. The van der Waals surface area contributed by atoms with Gasteiger partial charge in [0.15, 0.2) is 0 Å². The van der Waals surface area contributed by atoms with E-state index in [9.17, 15) is 4.79 Å². The first kappa shape index (κ1) is 20.3. The molecule has 6 heteroatoms. The van der Waals surface area contributed by atoms with E-state index in [0.29, 0.717) is 24.0 Å². The monoisotopic (exact) mass is 390 g/mol. The van der Waals surface area contributed by atoms with Gasteiger partial charge in [-0.2, -0.15) is 0 Å². The maximum atomic E-state index is 12.7. The van der Waals surface area contributed by atoms with Gasteiger partial charge in [-0.3, -0.25) is 4.79 Å². The molecule has 6 nitrogen and oxygen atoms in total. The van der Waals surface area contributed by atoms with Crippen LogP contribution in [0.1, 0.15) is 48.2 Å². The Morgan fingerprint density at radius 1 is 1.07 bits per heavy atom. The van der Waals surface area contributed by atoms with Gasteiger partial charge in [-0.1, -0.05) is 32.0 Å². The quantitative estimate of drug-likeness (QED) is 0.572. The fourth-order valence-electron chi connectivity index (χ4n) is 2.97. The van der Waals surface area contributed by atoms with E-state index in [2.05, 4.69) is 34.4 Å². The van der Waals surface area contributed by atoms with Gasteiger partial charge in [0.2, 0.25) is 5.95 Å². The van der Waals surface area contributed by atoms with E-state index in [1.165, 1.54) is 12.4 Å². The van der Waals surface area contributed by atoms with Gasteiger partial charge in [-0.05, 0) is 55.2 Å². The molecular formula is C23H26N4O2. The third-order valence-corrected chi connectivity index (χ3v) is 4.50. The van der Waals surface area contributed by atoms with E-state index in [0.717, 1.165) is 28.3 Å². The Hall–Kier alpha value is -3.41. The van der Waals surface area contributed by atoms with Gasteiger partial charge in [0, 0.05) is 23.8 Å². The van der Waals surface area contributed by atoms with Crippen molar-refractivity contribution in [2.45, 2.75) is 33.6 Å². The second-order valence-corrected chi connectivity index (χ2v) is 7.03. The summed E-state index contributed by atoms with van der Waals surface area (Å²) in [6, 6.07) is 13.6. The van der Waals surface area contributed by atoms with Gasteiger partial charge in [-0.15, -0.1) is 0 Å². The van der Waals surface area contributed by atoms with Gasteiger partial charge >= 0.3 is 0 Å². The molecule has 0 bridgehead atoms. The fraction of sp³-hybridized carbons (Fsp3) is 0.261. The molecule has 1 aromatic heterocycles. The first-order valence-electron chi connectivity index (χ1n) is 9.70. The molecular weight excluding hydrogens is 364 g/mol. The Morgan fingerprint density at radius 2 is 1.76 bits per heavy atom. The van der Waals surface area contributed by atoms with Crippen LogP contribution in [0.25, 0.3) is 0 Å². The standard InChI is InChI=1S/C23H26N4O2/c1-5-29-19-11-9-18(10-12-19)26-23-24-13-17(14-25-23)22(28)27-21-16(4)7-6-8-20(21)15(2)3/h6-15H,5H2,1-4H3,(H,27,28)(H,24,25,26). The van der Waals surface area contributed by atoms with Gasteiger partial charge < -0.3 is 15.4 Å². The number of nitrogens with one attached hydrogen (secondary N) is 2. The number of amides is 1. The van der Waals surface area contributed by atoms with Gasteiger partial charge in [0.25, 0.3) is 5.91 Å². The SMILES string of the molecule is CCOc1ccc(Nc2ncc(C(=O)Nc3c(C)cccc3C(C)C)cn2)cc1. The number of ether oxygens (including phenoxy) is 1. The van der Waals surface area contributed by atoms with Gasteiger partial charge in [-0.25, -0.2) is 9.97 Å². The molecule has 3 aromatic rings. The minimum absolute atomic E-state index is 0.228. The molecule has 1 heterocycles. The number of aromatic nitrogens is 2. The molecule has 29 heavy (non-hydrogen) atoms. The Morgan fingerprint density at radius 3 is 2.38 bits per heavy atom. The lowest BCUT2D eigenvalue weighted by molar-refractivity contribution is 0.102. The van der Waals surface area contributed by atoms with E-state index in [-0.39, 0.29) is 5.91 Å². The average molecular weight is 390 g/mol. The first-order chi connectivity index (χ1) is 14.0. The number of para-hydroxylation sites is 1. The molecule has 0 aliphatic heterocycles. The molecule has 0 saturated carbocycles. The molecule has 0 spiro atoms. The first-order valence-corrected chi connectivity index (χ1v) is 9.70. The van der Waals surface area contributed by atoms with Crippen molar-refractivity contribution in [3.63, 3.8) is 0 Å². The van der Waals surface area contributed by atoms with Gasteiger partial charge in [0.1, 0.15) is 5.75 Å². The molecule has 0 saturated heterocycles. The summed E-state index contributed by atoms with van der Waals surface area (Å²) in [5.74, 6) is 1.31. The maximum Gasteiger partial charge on any atom is 0.258 e. The van der Waals surface area contributed by atoms with Crippen LogP contribution in [-0.4, -0.2) is 22.5 Å². The lowest BCUT2D eigenvalue weighted by atomic mass is 9.98. The summed E-state index contributed by atoms with van der Waals surface area (Å²) >= 11 is 0. The molecule has 0 aliphatic rings. The van der Waals surface area contributed by atoms with Crippen molar-refractivity contribution in [2.75, 3.05) is 17.2 Å². The molecule has 0 radical (unpaired) electrons. The normalized spacial score (nSPS) is 10.7.